The third-order valence-corrected chi connectivity index (χ3v) is 22.9. The predicted molar refractivity (Wildman–Crippen MR) is 473 cm³/mol. The van der Waals surface area contributed by atoms with Crippen LogP contribution in [0.3, 0.4) is 0 Å². The van der Waals surface area contributed by atoms with Crippen molar-refractivity contribution in [2.75, 3.05) is 48.3 Å². The zero-order chi connectivity index (χ0) is 92.9. The summed E-state index contributed by atoms with van der Waals surface area (Å²) in [5, 5.41) is 48.2. The maximum atomic E-state index is 15.6. The van der Waals surface area contributed by atoms with Gasteiger partial charge in [0.25, 0.3) is 0 Å². The highest BCUT2D eigenvalue weighted by molar-refractivity contribution is 6.02. The second-order valence-corrected chi connectivity index (χ2v) is 33.6. The van der Waals surface area contributed by atoms with Crippen LogP contribution in [0.1, 0.15) is 132 Å². The highest BCUT2D eigenvalue weighted by atomic mass is 16.4. The van der Waals surface area contributed by atoms with E-state index in [0.29, 0.717) is 57.1 Å². The van der Waals surface area contributed by atoms with Crippen LogP contribution in [0.15, 0.2) is 170 Å². The number of likely N-dealkylation sites (N-methyl/N-ethyl adjacent to an activating group) is 5. The van der Waals surface area contributed by atoms with Crippen LogP contribution in [0.2, 0.25) is 0 Å². The molecule has 6 aromatic carbocycles. The first-order valence-corrected chi connectivity index (χ1v) is 42.8. The third-order valence-electron chi connectivity index (χ3n) is 22.9. The first kappa shape index (κ1) is 99.0. The van der Waals surface area contributed by atoms with Gasteiger partial charge in [-0.25, -0.2) is 0 Å². The maximum absolute atomic E-state index is 15.6. The monoisotopic (exact) mass is 1750 g/mol. The number of primary amides is 1. The fourth-order valence-corrected chi connectivity index (χ4v) is 15.6. The van der Waals surface area contributed by atoms with Crippen LogP contribution in [0, 0.1) is 23.7 Å². The number of aromatic amines is 1. The number of H-pyrrole nitrogens is 1. The van der Waals surface area contributed by atoms with Crippen molar-refractivity contribution in [3.63, 3.8) is 0 Å². The molecule has 1 aliphatic rings. The molecule has 11 atom stereocenters. The topological polar surface area (TPSA) is 464 Å². The van der Waals surface area contributed by atoms with Gasteiger partial charge in [-0.3, -0.25) is 76.7 Å². The minimum absolute atomic E-state index is 0.0374. The summed E-state index contributed by atoms with van der Waals surface area (Å²) in [6.45, 7) is 7.13. The molecule has 0 aliphatic carbocycles. The van der Waals surface area contributed by atoms with Crippen molar-refractivity contribution in [2.45, 2.75) is 192 Å². The van der Waals surface area contributed by atoms with Gasteiger partial charge in [-0.05, 0) is 88.4 Å². The van der Waals surface area contributed by atoms with Crippen LogP contribution in [-0.4, -0.2) is 242 Å². The number of benzene rings is 6. The lowest BCUT2D eigenvalue weighted by molar-refractivity contribution is -0.151. The van der Waals surface area contributed by atoms with E-state index in [-0.39, 0.29) is 62.9 Å². The fraction of sp³-hybridized carbons (Fsp3) is 0.432. The van der Waals surface area contributed by atoms with Gasteiger partial charge in [0.1, 0.15) is 65.6 Å². The molecule has 12 N–H and O–H groups in total. The lowest BCUT2D eigenvalue weighted by Gasteiger charge is -2.37. The average Bonchev–Trinajstić information content (AvgIpc) is 1.01. The molecule has 678 valence electrons. The molecule has 32 nitrogen and oxygen atoms in total. The number of nitrogens with two attached hydrogens (primary N) is 1. The summed E-state index contributed by atoms with van der Waals surface area (Å²) in [6.07, 6.45) is -3.18. The van der Waals surface area contributed by atoms with E-state index < -0.39 is 224 Å². The number of rotatable bonds is 24. The number of Topliss-reactive ketones (excluding diaryl/α,β-unsaturated/α-hetero) is 3. The Morgan fingerprint density at radius 2 is 0.913 bits per heavy atom. The van der Waals surface area contributed by atoms with Gasteiger partial charge < -0.3 is 82.4 Å². The van der Waals surface area contributed by atoms with E-state index in [1.807, 2.05) is 6.92 Å². The van der Waals surface area contributed by atoms with Gasteiger partial charge in [0, 0.05) is 128 Å². The second kappa shape index (κ2) is 47.6. The SMILES string of the molecule is CCCC[C@H]1C(=O)N(C)CC(=O)C[C@@H](CC(=O)O)C(=O)C[C@@H](C(C)C)C(=O)N(C)[C@@H](Cc2ccccc2)C(=O)N[C@@H](Cc2ccc(O)cc2)C(=O)N(C)CC(=O)N[C@@H](Cc2c[nH]c3ccccc23)C(=O)N[C@@H](Cc2ccc(O)cc2)C(=O)N[C@@H](CC(C)C)C(=O)N[C@H](C(=O)CCC(N)=O)CC(=O)N[C@@H](Cc2ccccc2)C(=O)N(C)[C@@H](Cc2ccccc2)C(=O)N1C. The number of aromatic nitrogens is 1. The standard InChI is InChI=1S/C95H119N13O19/c1-11-12-32-78-94(126)104(6)55-68(111)49-64(51-86(117)118)82(113)52-70(58(4)5)91(123)107(9)79(47-60-26-18-14-19-27-60)90(122)103-76(46-63-35-39-67(110)40-36-63)92(124)105(7)56-85(116)98-75(50-65-54-97-71-31-23-22-30-69(65)71)89(121)102-74(44-62-33-37-66(109)38-34-62)88(120)101-73(43-57(2)3)87(119)100-72(81(112)41-42-83(96)114)53-84(115)99-77(45-59-24-16-13-17-25-59)93(125)108(10)80(95(127)106(78)8)48-61-28-20-15-21-29-61/h13-31,33-40,54,57-58,64,70,72-80,97,109-110H,11-12,32,41-53,55-56H2,1-10H3,(H2,96,114)(H,98,116)(H,99,115)(H,100,119)(H,101,120)(H,102,121)(H,103,122)(H,117,118)/t64-,70-,72-,73-,74-,75-,76-,77-,78-,79-,80-/m0/s1. The summed E-state index contributed by atoms with van der Waals surface area (Å²) in [4.78, 5) is 246. The molecule has 32 heteroatoms. The Hall–Kier alpha value is -13.4. The summed E-state index contributed by atoms with van der Waals surface area (Å²) < 4.78 is 0. The number of ketones is 3. The first-order chi connectivity index (χ1) is 60.4. The number of carboxylic acid groups (broad SMARTS) is 1. The lowest BCUT2D eigenvalue weighted by Crippen LogP contribution is -2.60. The fourth-order valence-electron chi connectivity index (χ4n) is 15.6. The van der Waals surface area contributed by atoms with Crippen molar-refractivity contribution in [1.82, 2.24) is 61.4 Å². The molecule has 0 bridgehead atoms. The van der Waals surface area contributed by atoms with Gasteiger partial charge in [0.05, 0.1) is 32.0 Å². The number of carbonyl (C=O) groups excluding carboxylic acids is 15. The Morgan fingerprint density at radius 3 is 1.46 bits per heavy atom. The van der Waals surface area contributed by atoms with Gasteiger partial charge in [0.2, 0.25) is 70.9 Å². The normalized spacial score (nSPS) is 22.0. The number of amides is 12. The van der Waals surface area contributed by atoms with Crippen LogP contribution < -0.4 is 37.6 Å². The number of aliphatic carboxylic acids is 1. The molecule has 1 aromatic heterocycles. The van der Waals surface area contributed by atoms with E-state index in [2.05, 4.69) is 36.9 Å². The second-order valence-electron chi connectivity index (χ2n) is 33.6. The molecule has 0 saturated carbocycles. The average molecular weight is 1750 g/mol. The molecule has 127 heavy (non-hydrogen) atoms. The van der Waals surface area contributed by atoms with Crippen molar-refractivity contribution >= 4 is 105 Å². The summed E-state index contributed by atoms with van der Waals surface area (Å²) in [5.41, 5.74) is 9.15. The van der Waals surface area contributed by atoms with Crippen molar-refractivity contribution in [3.05, 3.63) is 203 Å². The van der Waals surface area contributed by atoms with Crippen LogP contribution in [0.5, 0.6) is 11.5 Å². The number of hydrogen-bond acceptors (Lipinski definition) is 18. The van der Waals surface area contributed by atoms with Crippen LogP contribution in [0.4, 0.5) is 0 Å². The lowest BCUT2D eigenvalue weighted by atomic mass is 9.83. The number of phenolic OH excluding ortho intramolecular Hbond substituents is 2. The molecule has 1 fully saturated rings. The quantitative estimate of drug-likeness (QED) is 0.0361. The van der Waals surface area contributed by atoms with E-state index in [1.165, 1.54) is 88.7 Å². The van der Waals surface area contributed by atoms with E-state index in [4.69, 9.17) is 5.73 Å². The van der Waals surface area contributed by atoms with E-state index >= 15 is 43.2 Å². The number of phenols is 2. The summed E-state index contributed by atoms with van der Waals surface area (Å²) in [7, 11) is 6.63. The summed E-state index contributed by atoms with van der Waals surface area (Å²) in [5.74, 6) is -18.6. The number of aromatic hydroxyl groups is 2. The Kier molecular flexibility index (Phi) is 37.1. The van der Waals surface area contributed by atoms with Crippen molar-refractivity contribution < 1.29 is 92.0 Å². The number of fused-ring (bicyclic) bond motifs is 1. The largest absolute Gasteiger partial charge is 0.508 e. The van der Waals surface area contributed by atoms with Gasteiger partial charge in [-0.2, -0.15) is 0 Å². The van der Waals surface area contributed by atoms with Gasteiger partial charge in [-0.15, -0.1) is 0 Å². The molecule has 0 unspecified atom stereocenters. The Bertz CT molecular complexity index is 5010. The Balaban J connectivity index is 1.24. The molecule has 8 rings (SSSR count). The van der Waals surface area contributed by atoms with Crippen molar-refractivity contribution in [2.24, 2.45) is 29.4 Å². The number of carboxylic acids is 1. The summed E-state index contributed by atoms with van der Waals surface area (Å²) in [6, 6.07) is 30.3. The third kappa shape index (κ3) is 29.6. The molecular formula is C95H119N13O19. The highest BCUT2D eigenvalue weighted by Crippen LogP contribution is 2.28. The van der Waals surface area contributed by atoms with Gasteiger partial charge in [0.15, 0.2) is 11.6 Å². The van der Waals surface area contributed by atoms with E-state index in [1.54, 1.807) is 149 Å². The van der Waals surface area contributed by atoms with E-state index in [9.17, 15) is 48.9 Å². The molecule has 0 spiro atoms. The molecule has 1 aliphatic heterocycles. The number of carbonyl (C=O) groups is 16. The molecule has 2 heterocycles. The Labute approximate surface area is 739 Å². The number of hydrogen-bond donors (Lipinski definition) is 11. The van der Waals surface area contributed by atoms with Gasteiger partial charge >= 0.3 is 5.97 Å². The number of unbranched alkanes of at least 4 members (excludes halogenated alkanes) is 1. The summed E-state index contributed by atoms with van der Waals surface area (Å²) >= 11 is 0. The van der Waals surface area contributed by atoms with Crippen molar-refractivity contribution in [1.29, 1.82) is 0 Å². The smallest absolute Gasteiger partial charge is 0.304 e. The predicted octanol–water partition coefficient (Wildman–Crippen LogP) is 5.40. The van der Waals surface area contributed by atoms with Gasteiger partial charge in [-0.1, -0.05) is 181 Å². The zero-order valence-corrected chi connectivity index (χ0v) is 73.6. The number of nitrogens with zero attached hydrogens (tertiary/aromatic N) is 5. The Morgan fingerprint density at radius 1 is 0.449 bits per heavy atom. The minimum atomic E-state index is -1.78. The number of para-hydroxylation sites is 1. The molecule has 0 radical (unpaired) electrons. The van der Waals surface area contributed by atoms with Crippen LogP contribution in [-0.2, 0) is 115 Å². The molecule has 12 amide bonds. The highest BCUT2D eigenvalue weighted by Gasteiger charge is 2.43. The molecular weight excluding hydrogens is 1630 g/mol. The zero-order valence-electron chi connectivity index (χ0n) is 73.6. The van der Waals surface area contributed by atoms with Crippen LogP contribution in [0.25, 0.3) is 10.9 Å². The molecule has 7 aromatic rings. The van der Waals surface area contributed by atoms with Crippen molar-refractivity contribution in [3.8, 4) is 11.5 Å². The van der Waals surface area contributed by atoms with E-state index in [0.717, 1.165) is 19.6 Å². The van der Waals surface area contributed by atoms with Crippen LogP contribution >= 0.6 is 0 Å². The number of nitrogens with one attached hydrogen (secondary N) is 7. The maximum Gasteiger partial charge on any atom is 0.304 e. The first-order valence-electron chi connectivity index (χ1n) is 42.8. The molecule has 1 saturated heterocycles. The minimum Gasteiger partial charge on any atom is -0.508 e.